The van der Waals surface area contributed by atoms with Crippen molar-refractivity contribution in [1.82, 2.24) is 0 Å². The van der Waals surface area contributed by atoms with Gasteiger partial charge in [0.05, 0.1) is 0 Å². The van der Waals surface area contributed by atoms with Crippen LogP contribution < -0.4 is 10.6 Å². The van der Waals surface area contributed by atoms with E-state index in [4.69, 9.17) is 10.6 Å². The third-order valence-electron chi connectivity index (χ3n) is 1.93. The van der Waals surface area contributed by atoms with Gasteiger partial charge in [-0.05, 0) is 18.1 Å². The Hall–Kier alpha value is -1.71. The van der Waals surface area contributed by atoms with Crippen LogP contribution in [0.15, 0.2) is 18.2 Å². The first-order valence-electron chi connectivity index (χ1n) is 4.76. The molecular weight excluding hydrogens is 194 g/mol. The van der Waals surface area contributed by atoms with Crippen LogP contribution in [0.3, 0.4) is 0 Å². The van der Waals surface area contributed by atoms with Crippen molar-refractivity contribution in [3.8, 4) is 5.75 Å². The first-order chi connectivity index (χ1) is 7.02. The zero-order valence-electron chi connectivity index (χ0n) is 9.11. The molecule has 0 aliphatic rings. The summed E-state index contributed by atoms with van der Waals surface area (Å²) in [6.45, 7) is 5.26. The molecule has 0 aromatic heterocycles. The Morgan fingerprint density at radius 1 is 1.40 bits per heavy atom. The van der Waals surface area contributed by atoms with Gasteiger partial charge in [0.15, 0.2) is 5.75 Å². The molecule has 0 aliphatic carbocycles. The van der Waals surface area contributed by atoms with E-state index in [0.717, 1.165) is 5.56 Å². The van der Waals surface area contributed by atoms with Crippen LogP contribution in [0, 0.1) is 0 Å². The minimum absolute atomic E-state index is 0.205. The number of nitrogen functional groups attached to an aromatic ring is 1. The van der Waals surface area contributed by atoms with Crippen molar-refractivity contribution in [2.75, 3.05) is 5.73 Å². The predicted molar refractivity (Wildman–Crippen MR) is 57.3 cm³/mol. The van der Waals surface area contributed by atoms with Crippen molar-refractivity contribution in [3.05, 3.63) is 23.8 Å². The number of carbonyl (C=O) groups is 1. The van der Waals surface area contributed by atoms with Gasteiger partial charge in [0.1, 0.15) is 0 Å². The fraction of sp³-hybridized carbons (Fsp3) is 0.364. The molecule has 4 heteroatoms. The topological polar surface area (TPSA) is 61.5 Å². The van der Waals surface area contributed by atoms with E-state index in [1.807, 2.05) is 13.8 Å². The molecule has 1 aromatic carbocycles. The van der Waals surface area contributed by atoms with Crippen LogP contribution in [0.25, 0.3) is 0 Å². The van der Waals surface area contributed by atoms with Crippen molar-refractivity contribution in [2.45, 2.75) is 26.7 Å². The summed E-state index contributed by atoms with van der Waals surface area (Å²) >= 11 is 0. The molecule has 82 valence electrons. The van der Waals surface area contributed by atoms with Crippen LogP contribution in [0.4, 0.5) is 5.69 Å². The molecule has 0 saturated carbocycles. The van der Waals surface area contributed by atoms with Gasteiger partial charge in [-0.3, -0.25) is 9.78 Å². The molecule has 1 aromatic rings. The second-order valence-electron chi connectivity index (χ2n) is 3.57. The minimum atomic E-state index is -0.493. The SMILES string of the molecule is CC(=O)OOc1cccc(N)c1C(C)C. The Bertz CT molecular complexity index is 361. The van der Waals surface area contributed by atoms with Gasteiger partial charge in [0, 0.05) is 18.2 Å². The zero-order chi connectivity index (χ0) is 11.4. The molecule has 0 heterocycles. The lowest BCUT2D eigenvalue weighted by Crippen LogP contribution is -2.06. The average Bonchev–Trinajstić information content (AvgIpc) is 2.13. The largest absolute Gasteiger partial charge is 0.398 e. The summed E-state index contributed by atoms with van der Waals surface area (Å²) in [6.07, 6.45) is 0. The van der Waals surface area contributed by atoms with Crippen molar-refractivity contribution >= 4 is 11.7 Å². The Balaban J connectivity index is 2.95. The highest BCUT2D eigenvalue weighted by Gasteiger charge is 2.12. The Labute approximate surface area is 88.9 Å². The number of carbonyl (C=O) groups excluding carboxylic acids is 1. The van der Waals surface area contributed by atoms with Crippen LogP contribution in [0.5, 0.6) is 5.75 Å². The highest BCUT2D eigenvalue weighted by molar-refractivity contribution is 5.65. The van der Waals surface area contributed by atoms with E-state index >= 15 is 0 Å². The molecule has 0 amide bonds. The monoisotopic (exact) mass is 209 g/mol. The quantitative estimate of drug-likeness (QED) is 0.471. The molecule has 2 N–H and O–H groups in total. The molecule has 0 bridgehead atoms. The van der Waals surface area contributed by atoms with E-state index in [0.29, 0.717) is 11.4 Å². The molecule has 0 saturated heterocycles. The summed E-state index contributed by atoms with van der Waals surface area (Å²) in [6, 6.07) is 5.25. The third kappa shape index (κ3) is 2.87. The van der Waals surface area contributed by atoms with E-state index in [2.05, 4.69) is 4.89 Å². The second kappa shape index (κ2) is 4.68. The number of rotatable bonds is 3. The van der Waals surface area contributed by atoms with E-state index < -0.39 is 5.97 Å². The number of nitrogens with two attached hydrogens (primary N) is 1. The van der Waals surface area contributed by atoms with E-state index in [1.165, 1.54) is 6.92 Å². The van der Waals surface area contributed by atoms with Crippen molar-refractivity contribution in [1.29, 1.82) is 0 Å². The third-order valence-corrected chi connectivity index (χ3v) is 1.93. The summed E-state index contributed by atoms with van der Waals surface area (Å²) in [5, 5.41) is 0. The standard InChI is InChI=1S/C11H15NO3/c1-7(2)11-9(12)5-4-6-10(11)15-14-8(3)13/h4-7H,12H2,1-3H3. The van der Waals surface area contributed by atoms with Gasteiger partial charge >= 0.3 is 5.97 Å². The summed E-state index contributed by atoms with van der Waals surface area (Å²) in [5.74, 6) is 0.198. The normalized spacial score (nSPS) is 10.1. The molecular formula is C11H15NO3. The van der Waals surface area contributed by atoms with Gasteiger partial charge in [-0.2, -0.15) is 0 Å². The first kappa shape index (κ1) is 11.4. The fourth-order valence-electron chi connectivity index (χ4n) is 1.36. The van der Waals surface area contributed by atoms with Crippen LogP contribution in [-0.2, 0) is 9.68 Å². The van der Waals surface area contributed by atoms with E-state index in [9.17, 15) is 4.79 Å². The lowest BCUT2D eigenvalue weighted by Gasteiger charge is -2.13. The first-order valence-corrected chi connectivity index (χ1v) is 4.76. The fourth-order valence-corrected chi connectivity index (χ4v) is 1.36. The lowest BCUT2D eigenvalue weighted by atomic mass is 10.0. The maximum absolute atomic E-state index is 10.6. The molecule has 0 radical (unpaired) electrons. The molecule has 0 aliphatic heterocycles. The second-order valence-corrected chi connectivity index (χ2v) is 3.57. The molecule has 4 nitrogen and oxygen atoms in total. The van der Waals surface area contributed by atoms with Crippen LogP contribution in [0.1, 0.15) is 32.3 Å². The molecule has 15 heavy (non-hydrogen) atoms. The smallest absolute Gasteiger partial charge is 0.352 e. The van der Waals surface area contributed by atoms with Crippen molar-refractivity contribution in [2.24, 2.45) is 0 Å². The van der Waals surface area contributed by atoms with Gasteiger partial charge in [-0.1, -0.05) is 19.9 Å². The predicted octanol–water partition coefficient (Wildman–Crippen LogP) is 2.25. The highest BCUT2D eigenvalue weighted by Crippen LogP contribution is 2.31. The summed E-state index contributed by atoms with van der Waals surface area (Å²) in [7, 11) is 0. The van der Waals surface area contributed by atoms with Crippen LogP contribution in [-0.4, -0.2) is 5.97 Å². The Kier molecular flexibility index (Phi) is 3.55. The highest BCUT2D eigenvalue weighted by atomic mass is 17.2. The van der Waals surface area contributed by atoms with Crippen LogP contribution in [0.2, 0.25) is 0 Å². The number of hydrogen-bond donors (Lipinski definition) is 1. The maximum atomic E-state index is 10.6. The summed E-state index contributed by atoms with van der Waals surface area (Å²) in [4.78, 5) is 20.0. The van der Waals surface area contributed by atoms with Gasteiger partial charge < -0.3 is 5.73 Å². The Morgan fingerprint density at radius 2 is 2.07 bits per heavy atom. The summed E-state index contributed by atoms with van der Waals surface area (Å²) < 4.78 is 0. The molecule has 0 fully saturated rings. The van der Waals surface area contributed by atoms with Gasteiger partial charge in [0.2, 0.25) is 0 Å². The zero-order valence-corrected chi connectivity index (χ0v) is 9.11. The van der Waals surface area contributed by atoms with Gasteiger partial charge in [-0.15, -0.1) is 0 Å². The van der Waals surface area contributed by atoms with Crippen molar-refractivity contribution in [3.63, 3.8) is 0 Å². The Morgan fingerprint density at radius 3 is 2.60 bits per heavy atom. The molecule has 1 rings (SSSR count). The molecule has 0 atom stereocenters. The minimum Gasteiger partial charge on any atom is -0.398 e. The molecule has 0 unspecified atom stereocenters. The van der Waals surface area contributed by atoms with Crippen LogP contribution >= 0.6 is 0 Å². The van der Waals surface area contributed by atoms with E-state index in [1.54, 1.807) is 18.2 Å². The average molecular weight is 209 g/mol. The molecule has 0 spiro atoms. The maximum Gasteiger partial charge on any atom is 0.352 e. The number of benzene rings is 1. The number of anilines is 1. The number of hydrogen-bond acceptors (Lipinski definition) is 4. The lowest BCUT2D eigenvalue weighted by molar-refractivity contribution is -0.211. The van der Waals surface area contributed by atoms with Gasteiger partial charge in [0.25, 0.3) is 0 Å². The van der Waals surface area contributed by atoms with Crippen molar-refractivity contribution < 1.29 is 14.6 Å². The van der Waals surface area contributed by atoms with Gasteiger partial charge in [-0.25, -0.2) is 4.79 Å². The summed E-state index contributed by atoms with van der Waals surface area (Å²) in [5.41, 5.74) is 7.29. The van der Waals surface area contributed by atoms with E-state index in [-0.39, 0.29) is 5.92 Å².